The molecule has 0 radical (unpaired) electrons. The number of nitriles is 1. The van der Waals surface area contributed by atoms with Crippen molar-refractivity contribution in [3.8, 4) is 6.07 Å². The Bertz CT molecular complexity index is 752. The van der Waals surface area contributed by atoms with Crippen molar-refractivity contribution in [3.63, 3.8) is 0 Å². The van der Waals surface area contributed by atoms with Crippen LogP contribution in [-0.4, -0.2) is 30.6 Å². The molecule has 1 aromatic carbocycles. The zero-order valence-corrected chi connectivity index (χ0v) is 12.7. The van der Waals surface area contributed by atoms with Gasteiger partial charge in [0, 0.05) is 12.3 Å². The van der Waals surface area contributed by atoms with Gasteiger partial charge >= 0.3 is 5.97 Å². The average molecular weight is 338 g/mol. The molecule has 2 rings (SSSR count). The van der Waals surface area contributed by atoms with E-state index in [1.807, 2.05) is 0 Å². The van der Waals surface area contributed by atoms with E-state index in [0.29, 0.717) is 6.07 Å². The molecule has 0 heterocycles. The molecule has 1 unspecified atom stereocenters. The largest absolute Gasteiger partial charge is 0.465 e. The van der Waals surface area contributed by atoms with Crippen LogP contribution in [-0.2, 0) is 9.53 Å². The van der Waals surface area contributed by atoms with Gasteiger partial charge in [0.25, 0.3) is 0 Å². The van der Waals surface area contributed by atoms with E-state index in [-0.39, 0.29) is 12.6 Å². The van der Waals surface area contributed by atoms with Crippen LogP contribution in [0.1, 0.15) is 35.7 Å². The summed E-state index contributed by atoms with van der Waals surface area (Å²) in [7, 11) is 0. The maximum Gasteiger partial charge on any atom is 0.322 e. The van der Waals surface area contributed by atoms with Crippen LogP contribution >= 0.6 is 0 Å². The summed E-state index contributed by atoms with van der Waals surface area (Å²) in [5.41, 5.74) is -2.12. The molecule has 1 aliphatic rings. The Morgan fingerprint density at radius 1 is 1.42 bits per heavy atom. The maximum absolute atomic E-state index is 14.1. The van der Waals surface area contributed by atoms with Gasteiger partial charge in [0.05, 0.1) is 12.2 Å². The number of benzene rings is 1. The van der Waals surface area contributed by atoms with E-state index in [0.717, 1.165) is 25.1 Å². The first-order chi connectivity index (χ1) is 11.4. The van der Waals surface area contributed by atoms with Crippen LogP contribution in [0.2, 0.25) is 0 Å². The Balaban J connectivity index is 2.44. The van der Waals surface area contributed by atoms with Gasteiger partial charge in [-0.1, -0.05) is 0 Å². The zero-order valence-electron chi connectivity index (χ0n) is 12.7. The number of hydrogen-bond acceptors (Lipinski definition) is 5. The highest BCUT2D eigenvalue weighted by Gasteiger charge is 2.33. The minimum atomic E-state index is -1.69. The van der Waals surface area contributed by atoms with Crippen molar-refractivity contribution in [3.05, 3.63) is 34.6 Å². The highest BCUT2D eigenvalue weighted by molar-refractivity contribution is 6.18. The molecule has 0 spiro atoms. The van der Waals surface area contributed by atoms with Crippen LogP contribution in [0.4, 0.5) is 13.2 Å². The molecule has 0 bridgehead atoms. The molecule has 1 aliphatic carbocycles. The van der Waals surface area contributed by atoms with Crippen molar-refractivity contribution in [2.75, 3.05) is 6.61 Å². The summed E-state index contributed by atoms with van der Waals surface area (Å²) < 4.78 is 45.8. The van der Waals surface area contributed by atoms with Gasteiger partial charge in [-0.2, -0.15) is 5.26 Å². The third-order valence-corrected chi connectivity index (χ3v) is 3.35. The molecule has 5 nitrogen and oxygen atoms in total. The van der Waals surface area contributed by atoms with E-state index >= 15 is 0 Å². The molecular weight excluding hydrogens is 325 g/mol. The van der Waals surface area contributed by atoms with Gasteiger partial charge in [-0.25, -0.2) is 13.2 Å². The lowest BCUT2D eigenvalue weighted by atomic mass is 9.96. The number of carbonyl (C=O) groups excluding carboxylic acids is 2. The van der Waals surface area contributed by atoms with Gasteiger partial charge in [0.1, 0.15) is 11.6 Å². The number of ketones is 1. The van der Waals surface area contributed by atoms with Crippen LogP contribution in [0.15, 0.2) is 11.1 Å². The topological polar surface area (TPSA) is 79.5 Å². The Hall–Kier alpha value is -2.69. The van der Waals surface area contributed by atoms with E-state index in [4.69, 9.17) is 10.00 Å². The monoisotopic (exact) mass is 338 g/mol. The molecular formula is C16H13F3N2O3. The van der Waals surface area contributed by atoms with Gasteiger partial charge in [-0.3, -0.25) is 14.6 Å². The lowest BCUT2D eigenvalue weighted by Crippen LogP contribution is -2.29. The molecule has 1 aromatic rings. The summed E-state index contributed by atoms with van der Waals surface area (Å²) in [5, 5.41) is 8.72. The van der Waals surface area contributed by atoms with Crippen molar-refractivity contribution in [1.29, 1.82) is 5.26 Å². The lowest BCUT2D eigenvalue weighted by molar-refractivity contribution is -0.143. The van der Waals surface area contributed by atoms with Crippen LogP contribution in [0, 0.1) is 34.7 Å². The molecule has 0 N–H and O–H groups in total. The first-order valence-corrected chi connectivity index (χ1v) is 7.22. The number of rotatable bonds is 6. The molecule has 8 heteroatoms. The quantitative estimate of drug-likeness (QED) is 0.262. The Labute approximate surface area is 135 Å². The second kappa shape index (κ2) is 7.25. The lowest BCUT2D eigenvalue weighted by Gasteiger charge is -2.12. The SMILES string of the molecule is CCOC(=O)C(C=NC1CC1)C(=O)c1cc(F)c(F)c(C#N)c1F. The number of ether oxygens (including phenoxy) is 1. The fourth-order valence-electron chi connectivity index (χ4n) is 1.95. The third kappa shape index (κ3) is 3.62. The molecule has 126 valence electrons. The molecule has 0 saturated heterocycles. The fourth-order valence-corrected chi connectivity index (χ4v) is 1.95. The summed E-state index contributed by atoms with van der Waals surface area (Å²) in [6.07, 6.45) is 2.64. The van der Waals surface area contributed by atoms with E-state index < -0.39 is 46.2 Å². The van der Waals surface area contributed by atoms with Gasteiger partial charge in [-0.15, -0.1) is 0 Å². The van der Waals surface area contributed by atoms with Crippen LogP contribution in [0.5, 0.6) is 0 Å². The van der Waals surface area contributed by atoms with Crippen molar-refractivity contribution in [1.82, 2.24) is 0 Å². The minimum absolute atomic E-state index is 0.0146. The Kier molecular flexibility index (Phi) is 5.34. The number of nitrogens with zero attached hydrogens (tertiary/aromatic N) is 2. The minimum Gasteiger partial charge on any atom is -0.465 e. The number of Topliss-reactive ketones (excluding diaryl/α,β-unsaturated/α-hetero) is 1. The first-order valence-electron chi connectivity index (χ1n) is 7.22. The third-order valence-electron chi connectivity index (χ3n) is 3.35. The number of esters is 1. The summed E-state index contributed by atoms with van der Waals surface area (Å²) in [4.78, 5) is 28.3. The van der Waals surface area contributed by atoms with Gasteiger partial charge in [0.15, 0.2) is 29.2 Å². The van der Waals surface area contributed by atoms with E-state index in [1.54, 1.807) is 0 Å². The normalized spacial score (nSPS) is 15.1. The highest BCUT2D eigenvalue weighted by atomic mass is 19.2. The van der Waals surface area contributed by atoms with E-state index in [2.05, 4.69) is 4.99 Å². The number of halogens is 3. The molecule has 24 heavy (non-hydrogen) atoms. The highest BCUT2D eigenvalue weighted by Crippen LogP contribution is 2.25. The summed E-state index contributed by atoms with van der Waals surface area (Å²) in [6.45, 7) is 1.49. The number of hydrogen-bond donors (Lipinski definition) is 0. The second-order valence-electron chi connectivity index (χ2n) is 5.14. The molecule has 1 atom stereocenters. The zero-order chi connectivity index (χ0) is 17.9. The number of carbonyl (C=O) groups is 2. The van der Waals surface area contributed by atoms with Crippen molar-refractivity contribution >= 4 is 18.0 Å². The molecule has 0 amide bonds. The predicted octanol–water partition coefficient (Wildman–Crippen LogP) is 2.57. The van der Waals surface area contributed by atoms with E-state index in [1.165, 1.54) is 6.92 Å². The second-order valence-corrected chi connectivity index (χ2v) is 5.14. The van der Waals surface area contributed by atoms with Gasteiger partial charge in [-0.05, 0) is 25.8 Å². The summed E-state index contributed by atoms with van der Waals surface area (Å²) in [6, 6.07) is 1.47. The molecule has 0 aromatic heterocycles. The van der Waals surface area contributed by atoms with Crippen LogP contribution < -0.4 is 0 Å². The van der Waals surface area contributed by atoms with Crippen LogP contribution in [0.3, 0.4) is 0 Å². The predicted molar refractivity (Wildman–Crippen MR) is 77.0 cm³/mol. The number of aliphatic imine (C=N–C) groups is 1. The van der Waals surface area contributed by atoms with E-state index in [9.17, 15) is 22.8 Å². The average Bonchev–Trinajstić information content (AvgIpc) is 3.36. The smallest absolute Gasteiger partial charge is 0.322 e. The Morgan fingerprint density at radius 3 is 2.62 bits per heavy atom. The Morgan fingerprint density at radius 2 is 2.08 bits per heavy atom. The fraction of sp³-hybridized carbons (Fsp3) is 0.375. The molecule has 1 fully saturated rings. The van der Waals surface area contributed by atoms with Gasteiger partial charge in [0.2, 0.25) is 0 Å². The van der Waals surface area contributed by atoms with Crippen molar-refractivity contribution in [2.24, 2.45) is 10.9 Å². The summed E-state index contributed by atoms with van der Waals surface area (Å²) >= 11 is 0. The maximum atomic E-state index is 14.1. The molecule has 1 saturated carbocycles. The van der Waals surface area contributed by atoms with Crippen molar-refractivity contribution in [2.45, 2.75) is 25.8 Å². The van der Waals surface area contributed by atoms with Gasteiger partial charge < -0.3 is 4.74 Å². The van der Waals surface area contributed by atoms with Crippen LogP contribution in [0.25, 0.3) is 0 Å². The summed E-state index contributed by atoms with van der Waals surface area (Å²) in [5.74, 6) is -8.48. The first kappa shape index (κ1) is 17.7. The van der Waals surface area contributed by atoms with Crippen molar-refractivity contribution < 1.29 is 27.5 Å². The molecule has 0 aliphatic heterocycles. The standard InChI is InChI=1S/C16H13F3N2O3/c1-2-24-16(23)11(7-21-8-3-4-8)15(22)9-5-12(17)14(19)10(6-20)13(9)18/h5,7-8,11H,2-4H2,1H3.